The fraction of sp³-hybridized carbons (Fsp3) is 0.562. The molecular formula is C16H21FN2O2. The van der Waals surface area contributed by atoms with Gasteiger partial charge < -0.3 is 14.8 Å². The highest BCUT2D eigenvalue weighted by molar-refractivity contribution is 5.74. The first-order valence-corrected chi connectivity index (χ1v) is 7.55. The van der Waals surface area contributed by atoms with E-state index < -0.39 is 0 Å². The van der Waals surface area contributed by atoms with E-state index in [4.69, 9.17) is 4.42 Å². The highest BCUT2D eigenvalue weighted by Crippen LogP contribution is 2.25. The molecular weight excluding hydrogens is 271 g/mol. The van der Waals surface area contributed by atoms with E-state index in [1.807, 2.05) is 19.9 Å². The van der Waals surface area contributed by atoms with Gasteiger partial charge in [-0.2, -0.15) is 0 Å². The molecule has 0 spiro atoms. The molecule has 0 amide bonds. The minimum atomic E-state index is -0.379. The number of halogens is 1. The summed E-state index contributed by atoms with van der Waals surface area (Å²) in [5, 5.41) is 13.1. The average molecular weight is 292 g/mol. The van der Waals surface area contributed by atoms with Crippen LogP contribution in [0, 0.1) is 5.82 Å². The van der Waals surface area contributed by atoms with Crippen LogP contribution in [0.1, 0.15) is 50.5 Å². The fourth-order valence-corrected chi connectivity index (χ4v) is 2.84. The van der Waals surface area contributed by atoms with Crippen LogP contribution in [0.25, 0.3) is 11.1 Å². The molecule has 0 bridgehead atoms. The summed E-state index contributed by atoms with van der Waals surface area (Å²) in [7, 11) is 0. The van der Waals surface area contributed by atoms with Crippen molar-refractivity contribution in [1.82, 2.24) is 10.3 Å². The lowest BCUT2D eigenvalue weighted by Gasteiger charge is -2.16. The highest BCUT2D eigenvalue weighted by atomic mass is 19.1. The minimum absolute atomic E-state index is 0.104. The van der Waals surface area contributed by atoms with E-state index in [0.717, 1.165) is 24.8 Å². The number of aliphatic hydroxyl groups is 1. The molecule has 5 heteroatoms. The van der Waals surface area contributed by atoms with Gasteiger partial charge in [0.05, 0.1) is 6.10 Å². The van der Waals surface area contributed by atoms with E-state index in [1.54, 1.807) is 0 Å². The topological polar surface area (TPSA) is 58.3 Å². The molecule has 1 heterocycles. The van der Waals surface area contributed by atoms with Crippen LogP contribution in [0.4, 0.5) is 4.39 Å². The summed E-state index contributed by atoms with van der Waals surface area (Å²) in [6, 6.07) is 3.43. The number of hydrogen-bond donors (Lipinski definition) is 2. The van der Waals surface area contributed by atoms with E-state index >= 15 is 0 Å². The molecule has 0 saturated heterocycles. The molecule has 1 saturated carbocycles. The van der Waals surface area contributed by atoms with Gasteiger partial charge >= 0.3 is 0 Å². The molecule has 4 nitrogen and oxygen atoms in total. The Labute approximate surface area is 123 Å². The van der Waals surface area contributed by atoms with Crippen molar-refractivity contribution in [2.45, 2.75) is 57.7 Å². The normalized spacial score (nSPS) is 22.5. The largest absolute Gasteiger partial charge is 0.437 e. The van der Waals surface area contributed by atoms with Crippen LogP contribution in [0.3, 0.4) is 0 Å². The Bertz CT molecular complexity index is 638. The first-order chi connectivity index (χ1) is 10.0. The van der Waals surface area contributed by atoms with Crippen molar-refractivity contribution in [3.05, 3.63) is 29.4 Å². The molecule has 0 unspecified atom stereocenters. The van der Waals surface area contributed by atoms with Gasteiger partial charge in [-0.3, -0.25) is 0 Å². The zero-order valence-electron chi connectivity index (χ0n) is 12.4. The van der Waals surface area contributed by atoms with E-state index in [2.05, 4.69) is 10.3 Å². The van der Waals surface area contributed by atoms with Crippen LogP contribution >= 0.6 is 0 Å². The lowest BCUT2D eigenvalue weighted by atomic mass is 10.1. The molecule has 21 heavy (non-hydrogen) atoms. The summed E-state index contributed by atoms with van der Waals surface area (Å²) < 4.78 is 19.6. The van der Waals surface area contributed by atoms with E-state index in [9.17, 15) is 9.50 Å². The van der Waals surface area contributed by atoms with Crippen LogP contribution in [-0.4, -0.2) is 22.2 Å². The summed E-state index contributed by atoms with van der Waals surface area (Å²) in [4.78, 5) is 4.34. The van der Waals surface area contributed by atoms with Crippen molar-refractivity contribution in [3.63, 3.8) is 0 Å². The molecule has 2 atom stereocenters. The quantitative estimate of drug-likeness (QED) is 0.909. The summed E-state index contributed by atoms with van der Waals surface area (Å²) in [5.41, 5.74) is 1.61. The zero-order chi connectivity index (χ0) is 15.0. The fourth-order valence-electron chi connectivity index (χ4n) is 2.84. The number of nitrogens with one attached hydrogen (secondary N) is 1. The summed E-state index contributed by atoms with van der Waals surface area (Å²) in [5.74, 6) is 0.308. The second kappa shape index (κ2) is 5.73. The smallest absolute Gasteiger partial charge is 0.198 e. The number of benzene rings is 1. The zero-order valence-corrected chi connectivity index (χ0v) is 12.4. The van der Waals surface area contributed by atoms with Crippen molar-refractivity contribution in [2.75, 3.05) is 0 Å². The first kappa shape index (κ1) is 14.5. The monoisotopic (exact) mass is 292 g/mol. The van der Waals surface area contributed by atoms with Gasteiger partial charge in [-0.25, -0.2) is 9.37 Å². The number of fused-ring (bicyclic) bond motifs is 1. The Kier molecular flexibility index (Phi) is 3.95. The summed E-state index contributed by atoms with van der Waals surface area (Å²) in [6.45, 7) is 4.46. The van der Waals surface area contributed by atoms with Gasteiger partial charge in [-0.1, -0.05) is 13.8 Å². The van der Waals surface area contributed by atoms with Gasteiger partial charge in [-0.05, 0) is 37.0 Å². The number of rotatable bonds is 4. The SMILES string of the molecule is CC(C)c1nc2cc(CN[C@@H]3CCC[C@H]3O)cc(F)c2o1. The van der Waals surface area contributed by atoms with Crippen molar-refractivity contribution in [2.24, 2.45) is 0 Å². The Morgan fingerprint density at radius 3 is 2.90 bits per heavy atom. The average Bonchev–Trinajstić information content (AvgIpc) is 3.03. The van der Waals surface area contributed by atoms with Crippen LogP contribution in [-0.2, 0) is 6.54 Å². The molecule has 1 fully saturated rings. The predicted octanol–water partition coefficient (Wildman–Crippen LogP) is 3.09. The second-order valence-electron chi connectivity index (χ2n) is 6.12. The lowest BCUT2D eigenvalue weighted by Crippen LogP contribution is -2.35. The molecule has 0 aliphatic heterocycles. The second-order valence-corrected chi connectivity index (χ2v) is 6.12. The van der Waals surface area contributed by atoms with Crippen molar-refractivity contribution in [3.8, 4) is 0 Å². The highest BCUT2D eigenvalue weighted by Gasteiger charge is 2.24. The molecule has 3 rings (SSSR count). The molecule has 0 radical (unpaired) electrons. The van der Waals surface area contributed by atoms with Crippen LogP contribution in [0.5, 0.6) is 0 Å². The first-order valence-electron chi connectivity index (χ1n) is 7.55. The van der Waals surface area contributed by atoms with Crippen LogP contribution < -0.4 is 5.32 Å². The maximum absolute atomic E-state index is 14.1. The van der Waals surface area contributed by atoms with Gasteiger partial charge in [0.15, 0.2) is 17.3 Å². The van der Waals surface area contributed by atoms with Gasteiger partial charge in [0.25, 0.3) is 0 Å². The third-order valence-electron chi connectivity index (χ3n) is 4.06. The van der Waals surface area contributed by atoms with Crippen molar-refractivity contribution >= 4 is 11.1 Å². The van der Waals surface area contributed by atoms with Crippen molar-refractivity contribution < 1.29 is 13.9 Å². The maximum Gasteiger partial charge on any atom is 0.198 e. The van der Waals surface area contributed by atoms with Crippen LogP contribution in [0.15, 0.2) is 16.5 Å². The van der Waals surface area contributed by atoms with E-state index in [1.165, 1.54) is 6.07 Å². The number of nitrogens with zero attached hydrogens (tertiary/aromatic N) is 1. The Morgan fingerprint density at radius 1 is 1.43 bits per heavy atom. The maximum atomic E-state index is 14.1. The Morgan fingerprint density at radius 2 is 2.24 bits per heavy atom. The number of hydrogen-bond acceptors (Lipinski definition) is 4. The number of aromatic nitrogens is 1. The third-order valence-corrected chi connectivity index (χ3v) is 4.06. The minimum Gasteiger partial charge on any atom is -0.437 e. The molecule has 114 valence electrons. The van der Waals surface area contributed by atoms with E-state index in [0.29, 0.717) is 18.0 Å². The molecule has 1 aromatic heterocycles. The number of aliphatic hydroxyl groups excluding tert-OH is 1. The molecule has 1 aliphatic carbocycles. The summed E-state index contributed by atoms with van der Waals surface area (Å²) >= 11 is 0. The molecule has 1 aromatic carbocycles. The van der Waals surface area contributed by atoms with Gasteiger partial charge in [0, 0.05) is 18.5 Å². The van der Waals surface area contributed by atoms with E-state index in [-0.39, 0.29) is 29.5 Å². The van der Waals surface area contributed by atoms with Crippen LogP contribution in [0.2, 0.25) is 0 Å². The third kappa shape index (κ3) is 2.94. The lowest BCUT2D eigenvalue weighted by molar-refractivity contribution is 0.148. The molecule has 2 aromatic rings. The number of oxazole rings is 1. The Balaban J connectivity index is 1.79. The van der Waals surface area contributed by atoms with Gasteiger partial charge in [-0.15, -0.1) is 0 Å². The standard InChI is InChI=1S/C16H21FN2O2/c1-9(2)16-19-13-7-10(6-11(17)15(13)21-16)8-18-12-4-3-5-14(12)20/h6-7,9,12,14,18,20H,3-5,8H2,1-2H3/t12-,14-/m1/s1. The Hall–Kier alpha value is -1.46. The molecule has 1 aliphatic rings. The predicted molar refractivity (Wildman–Crippen MR) is 78.5 cm³/mol. The van der Waals surface area contributed by atoms with Crippen molar-refractivity contribution in [1.29, 1.82) is 0 Å². The van der Waals surface area contributed by atoms with Gasteiger partial charge in [0.2, 0.25) is 0 Å². The summed E-state index contributed by atoms with van der Waals surface area (Å²) in [6.07, 6.45) is 2.55. The van der Waals surface area contributed by atoms with Gasteiger partial charge in [0.1, 0.15) is 5.52 Å². The molecule has 2 N–H and O–H groups in total.